The first-order valence-electron chi connectivity index (χ1n) is 10.5. The van der Waals surface area contributed by atoms with Crippen LogP contribution >= 0.6 is 0 Å². The molecule has 3 heterocycles. The van der Waals surface area contributed by atoms with E-state index in [0.29, 0.717) is 11.4 Å². The van der Waals surface area contributed by atoms with Crippen molar-refractivity contribution < 1.29 is 4.79 Å². The van der Waals surface area contributed by atoms with Crippen LogP contribution in [0, 0.1) is 17.8 Å². The Morgan fingerprint density at radius 1 is 1.20 bits per heavy atom. The molecule has 2 fully saturated rings. The van der Waals surface area contributed by atoms with Gasteiger partial charge in [0.1, 0.15) is 0 Å². The number of H-pyrrole nitrogens is 2. The van der Waals surface area contributed by atoms with E-state index in [0.717, 1.165) is 46.3 Å². The number of carbonyl (C=O) groups is 1. The second kappa shape index (κ2) is 6.83. The fourth-order valence-electron chi connectivity index (χ4n) is 5.34. The number of hydrogen-bond acceptors (Lipinski definition) is 4. The van der Waals surface area contributed by atoms with E-state index in [1.54, 1.807) is 12.4 Å². The molecule has 30 heavy (non-hydrogen) atoms. The maximum atomic E-state index is 12.8. The number of aromatic amines is 2. The van der Waals surface area contributed by atoms with E-state index in [1.165, 1.54) is 25.7 Å². The van der Waals surface area contributed by atoms with Crippen LogP contribution in [0.2, 0.25) is 0 Å². The molecule has 8 heteroatoms. The van der Waals surface area contributed by atoms with Crippen LogP contribution in [0.1, 0.15) is 36.2 Å². The maximum absolute atomic E-state index is 12.8. The molecule has 0 spiro atoms. The van der Waals surface area contributed by atoms with Crippen molar-refractivity contribution in [1.82, 2.24) is 30.2 Å². The average molecular weight is 401 g/mol. The molecule has 1 aromatic carbocycles. The fourth-order valence-corrected chi connectivity index (χ4v) is 5.34. The highest BCUT2D eigenvalue weighted by molar-refractivity contribution is 6.11. The zero-order valence-electron chi connectivity index (χ0n) is 16.5. The molecule has 3 atom stereocenters. The Kier molecular flexibility index (Phi) is 3.97. The van der Waals surface area contributed by atoms with Crippen molar-refractivity contribution in [2.24, 2.45) is 17.8 Å². The molecule has 0 aliphatic heterocycles. The van der Waals surface area contributed by atoms with E-state index in [9.17, 15) is 4.79 Å². The maximum Gasteiger partial charge on any atom is 0.276 e. The van der Waals surface area contributed by atoms with Gasteiger partial charge in [0.25, 0.3) is 5.91 Å². The van der Waals surface area contributed by atoms with Gasteiger partial charge in [0.15, 0.2) is 5.69 Å². The minimum absolute atomic E-state index is 0.239. The second-order valence-corrected chi connectivity index (χ2v) is 8.66. The standard InChI is InChI=1S/C22H23N7O/c30-22(21-19-4-3-15(7-20(19)27-28-21)17-8-23-24-9-17)26-18-10-25-29(12-18)11-16-6-13-1-2-14(16)5-13/h3-4,7-10,12-14,16H,1-2,5-6,11H2,(H,23,24)(H,26,30)(H,27,28)/t13?,14-,16?/m1/s1. The number of rotatable bonds is 5. The minimum Gasteiger partial charge on any atom is -0.318 e. The van der Waals surface area contributed by atoms with E-state index in [4.69, 9.17) is 0 Å². The Morgan fingerprint density at radius 2 is 2.17 bits per heavy atom. The van der Waals surface area contributed by atoms with E-state index in [1.807, 2.05) is 35.3 Å². The third-order valence-corrected chi connectivity index (χ3v) is 6.81. The van der Waals surface area contributed by atoms with Crippen LogP contribution in [-0.2, 0) is 6.54 Å². The third-order valence-electron chi connectivity index (χ3n) is 6.81. The Labute approximate surface area is 173 Å². The number of hydrogen-bond donors (Lipinski definition) is 3. The van der Waals surface area contributed by atoms with Gasteiger partial charge in [0.05, 0.1) is 23.6 Å². The average Bonchev–Trinajstić information content (AvgIpc) is 3.56. The molecule has 2 unspecified atom stereocenters. The van der Waals surface area contributed by atoms with Crippen LogP contribution in [0.5, 0.6) is 0 Å². The number of fused-ring (bicyclic) bond motifs is 3. The lowest BCUT2D eigenvalue weighted by Gasteiger charge is -2.21. The number of amides is 1. The van der Waals surface area contributed by atoms with Gasteiger partial charge in [0.2, 0.25) is 0 Å². The van der Waals surface area contributed by atoms with Crippen molar-refractivity contribution in [1.29, 1.82) is 0 Å². The molecule has 152 valence electrons. The Morgan fingerprint density at radius 3 is 2.97 bits per heavy atom. The van der Waals surface area contributed by atoms with Gasteiger partial charge in [-0.05, 0) is 54.7 Å². The highest BCUT2D eigenvalue weighted by Gasteiger charge is 2.39. The number of carbonyl (C=O) groups excluding carboxylic acids is 1. The first-order valence-corrected chi connectivity index (χ1v) is 10.5. The van der Waals surface area contributed by atoms with Gasteiger partial charge < -0.3 is 5.32 Å². The molecule has 2 bridgehead atoms. The Bertz CT molecular complexity index is 1210. The van der Waals surface area contributed by atoms with Gasteiger partial charge in [-0.25, -0.2) is 0 Å². The molecule has 0 radical (unpaired) electrons. The van der Waals surface area contributed by atoms with Gasteiger partial charge >= 0.3 is 0 Å². The quantitative estimate of drug-likeness (QED) is 0.473. The molecule has 1 amide bonds. The van der Waals surface area contributed by atoms with Crippen molar-refractivity contribution in [3.63, 3.8) is 0 Å². The molecular weight excluding hydrogens is 378 g/mol. The van der Waals surface area contributed by atoms with Crippen molar-refractivity contribution in [2.75, 3.05) is 5.32 Å². The smallest absolute Gasteiger partial charge is 0.276 e. The van der Waals surface area contributed by atoms with Crippen molar-refractivity contribution >= 4 is 22.5 Å². The van der Waals surface area contributed by atoms with E-state index >= 15 is 0 Å². The highest BCUT2D eigenvalue weighted by Crippen LogP contribution is 2.48. The second-order valence-electron chi connectivity index (χ2n) is 8.66. The van der Waals surface area contributed by atoms with Crippen LogP contribution < -0.4 is 5.32 Å². The summed E-state index contributed by atoms with van der Waals surface area (Å²) in [6, 6.07) is 5.85. The lowest BCUT2D eigenvalue weighted by atomic mass is 9.89. The van der Waals surface area contributed by atoms with Crippen molar-refractivity contribution in [3.05, 3.63) is 48.7 Å². The topological polar surface area (TPSA) is 104 Å². The van der Waals surface area contributed by atoms with Gasteiger partial charge in [-0.15, -0.1) is 0 Å². The Hall–Kier alpha value is -3.42. The normalized spacial score (nSPS) is 22.7. The first-order chi connectivity index (χ1) is 14.7. The number of nitrogens with one attached hydrogen (secondary N) is 3. The number of benzene rings is 1. The molecule has 2 saturated carbocycles. The van der Waals surface area contributed by atoms with Crippen LogP contribution in [0.25, 0.3) is 22.0 Å². The molecule has 8 nitrogen and oxygen atoms in total. The van der Waals surface area contributed by atoms with Crippen LogP contribution in [0.4, 0.5) is 5.69 Å². The molecule has 2 aliphatic rings. The zero-order chi connectivity index (χ0) is 20.1. The van der Waals surface area contributed by atoms with Crippen LogP contribution in [-0.4, -0.2) is 36.1 Å². The fraction of sp³-hybridized carbons (Fsp3) is 0.364. The lowest BCUT2D eigenvalue weighted by Crippen LogP contribution is -2.17. The van der Waals surface area contributed by atoms with Gasteiger partial charge in [0, 0.05) is 29.9 Å². The molecule has 3 aromatic heterocycles. The van der Waals surface area contributed by atoms with Gasteiger partial charge in [-0.3, -0.25) is 19.7 Å². The summed E-state index contributed by atoms with van der Waals surface area (Å²) < 4.78 is 1.97. The van der Waals surface area contributed by atoms with Gasteiger partial charge in [-0.2, -0.15) is 15.3 Å². The van der Waals surface area contributed by atoms with E-state index < -0.39 is 0 Å². The number of anilines is 1. The summed E-state index contributed by atoms with van der Waals surface area (Å²) in [5, 5.41) is 22.2. The van der Waals surface area contributed by atoms with Crippen molar-refractivity contribution in [3.8, 4) is 11.1 Å². The summed E-state index contributed by atoms with van der Waals surface area (Å²) in [4.78, 5) is 12.8. The van der Waals surface area contributed by atoms with Gasteiger partial charge in [-0.1, -0.05) is 12.5 Å². The summed E-state index contributed by atoms with van der Waals surface area (Å²) in [5.41, 5.74) is 3.89. The molecular formula is C22H23N7O. The zero-order valence-corrected chi connectivity index (χ0v) is 16.5. The third kappa shape index (κ3) is 2.99. The Balaban J connectivity index is 1.17. The van der Waals surface area contributed by atoms with Crippen LogP contribution in [0.15, 0.2) is 43.0 Å². The molecule has 2 aliphatic carbocycles. The molecule has 4 aromatic rings. The number of nitrogens with zero attached hydrogens (tertiary/aromatic N) is 4. The minimum atomic E-state index is -0.239. The van der Waals surface area contributed by atoms with E-state index in [2.05, 4.69) is 30.8 Å². The first kappa shape index (κ1) is 17.4. The summed E-state index contributed by atoms with van der Waals surface area (Å²) in [5.74, 6) is 2.28. The van der Waals surface area contributed by atoms with E-state index in [-0.39, 0.29) is 5.91 Å². The number of aromatic nitrogens is 6. The van der Waals surface area contributed by atoms with Crippen molar-refractivity contribution in [2.45, 2.75) is 32.2 Å². The largest absolute Gasteiger partial charge is 0.318 e. The SMILES string of the molecule is O=C(Nc1cnn(CC2CC3CC[C@@H]2C3)c1)c1n[nH]c2cc(-c3cn[nH]c3)ccc12. The van der Waals surface area contributed by atoms with Crippen LogP contribution in [0.3, 0.4) is 0 Å². The summed E-state index contributed by atoms with van der Waals surface area (Å²) >= 11 is 0. The molecule has 6 rings (SSSR count). The highest BCUT2D eigenvalue weighted by atomic mass is 16.2. The summed E-state index contributed by atoms with van der Waals surface area (Å²) in [7, 11) is 0. The predicted octanol–water partition coefficient (Wildman–Crippen LogP) is 3.84. The molecule has 0 saturated heterocycles. The monoisotopic (exact) mass is 401 g/mol. The summed E-state index contributed by atoms with van der Waals surface area (Å²) in [6.07, 6.45) is 12.7. The predicted molar refractivity (Wildman–Crippen MR) is 113 cm³/mol. The summed E-state index contributed by atoms with van der Waals surface area (Å²) in [6.45, 7) is 0.944. The molecule has 3 N–H and O–H groups in total. The lowest BCUT2D eigenvalue weighted by molar-refractivity contribution is 0.102.